The summed E-state index contributed by atoms with van der Waals surface area (Å²) in [5.74, 6) is -6.96. The normalized spacial score (nSPS) is 20.5. The Bertz CT molecular complexity index is 1710. The average molecular weight is 706 g/mol. The van der Waals surface area contributed by atoms with E-state index >= 15 is 8.78 Å². The van der Waals surface area contributed by atoms with E-state index in [0.29, 0.717) is 36.8 Å². The summed E-state index contributed by atoms with van der Waals surface area (Å²) in [4.78, 5) is 23.9. The molecule has 0 aromatic heterocycles. The van der Waals surface area contributed by atoms with Crippen LogP contribution in [0.25, 0.3) is 10.8 Å². The number of carbonyl (C=O) groups excluding carboxylic acids is 1. The smallest absolute Gasteiger partial charge is 0.490 e. The van der Waals surface area contributed by atoms with Gasteiger partial charge in [-0.15, -0.1) is 0 Å². The number of carbonyl (C=O) groups is 2. The Morgan fingerprint density at radius 2 is 1.49 bits per heavy atom. The highest BCUT2D eigenvalue weighted by Gasteiger charge is 2.53. The van der Waals surface area contributed by atoms with Gasteiger partial charge in [-0.05, 0) is 86.7 Å². The number of sulfonamides is 1. The zero-order chi connectivity index (χ0) is 34.9. The number of nitrogens with one attached hydrogen (secondary N) is 1. The number of halogens is 6. The van der Waals surface area contributed by atoms with E-state index in [2.05, 4.69) is 4.72 Å². The van der Waals surface area contributed by atoms with Crippen molar-refractivity contribution in [3.63, 3.8) is 0 Å². The fourth-order valence-electron chi connectivity index (χ4n) is 5.78. The summed E-state index contributed by atoms with van der Waals surface area (Å²) in [6.45, 7) is 3.79. The number of fused-ring (bicyclic) bond motifs is 3. The molecule has 3 unspecified atom stereocenters. The van der Waals surface area contributed by atoms with E-state index in [1.807, 2.05) is 13.8 Å². The van der Waals surface area contributed by atoms with Crippen LogP contribution in [0.2, 0.25) is 5.02 Å². The van der Waals surface area contributed by atoms with Gasteiger partial charge in [-0.3, -0.25) is 4.79 Å². The molecule has 3 aromatic carbocycles. The Labute approximate surface area is 272 Å². The van der Waals surface area contributed by atoms with E-state index in [9.17, 15) is 26.4 Å². The summed E-state index contributed by atoms with van der Waals surface area (Å²) in [5, 5.41) is 8.66. The summed E-state index contributed by atoms with van der Waals surface area (Å²) >= 11 is 5.90. The zero-order valence-corrected chi connectivity index (χ0v) is 26.8. The first-order chi connectivity index (χ1) is 21.8. The third kappa shape index (κ3) is 8.50. The van der Waals surface area contributed by atoms with Gasteiger partial charge < -0.3 is 20.5 Å². The van der Waals surface area contributed by atoms with Crippen LogP contribution in [-0.2, 0) is 25.5 Å². The number of alkyl halides is 5. The molecule has 0 aliphatic carbocycles. The fraction of sp³-hybridized carbons (Fsp3) is 0.419. The van der Waals surface area contributed by atoms with Crippen molar-refractivity contribution in [2.75, 3.05) is 0 Å². The first-order valence-corrected chi connectivity index (χ1v) is 16.4. The lowest BCUT2D eigenvalue weighted by Gasteiger charge is -2.41. The number of nitrogens with two attached hydrogens (primary N) is 1. The molecule has 16 heteroatoms. The summed E-state index contributed by atoms with van der Waals surface area (Å²) in [6, 6.07) is 11.1. The minimum absolute atomic E-state index is 0.0380. The molecular weight excluding hydrogens is 673 g/mol. The number of benzene rings is 3. The van der Waals surface area contributed by atoms with Crippen molar-refractivity contribution >= 4 is 44.3 Å². The molecule has 1 amide bonds. The van der Waals surface area contributed by atoms with Gasteiger partial charge in [-0.25, -0.2) is 13.2 Å². The van der Waals surface area contributed by atoms with Gasteiger partial charge in [0.1, 0.15) is 5.75 Å². The van der Waals surface area contributed by atoms with Gasteiger partial charge in [-0.2, -0.15) is 26.7 Å². The van der Waals surface area contributed by atoms with Crippen LogP contribution >= 0.6 is 11.6 Å². The maximum Gasteiger partial charge on any atom is 0.490 e. The van der Waals surface area contributed by atoms with Crippen LogP contribution in [-0.4, -0.2) is 66.7 Å². The third-order valence-corrected chi connectivity index (χ3v) is 9.52. The Balaban J connectivity index is 0.000000644. The number of carboxylic acids is 1. The number of amides is 1. The molecule has 2 heterocycles. The molecule has 256 valence electrons. The molecule has 2 aliphatic heterocycles. The molecule has 2 bridgehead atoms. The largest absolute Gasteiger partial charge is 0.491 e. The molecule has 2 fully saturated rings. The number of piperidine rings is 1. The van der Waals surface area contributed by atoms with E-state index in [-0.39, 0.29) is 34.1 Å². The second-order valence-electron chi connectivity index (χ2n) is 11.7. The maximum atomic E-state index is 16.1. The fourth-order valence-corrected chi connectivity index (χ4v) is 7.13. The number of aliphatic carboxylic acids is 1. The molecule has 47 heavy (non-hydrogen) atoms. The molecule has 9 nitrogen and oxygen atoms in total. The number of nitrogens with zero attached hydrogens (tertiary/aromatic N) is 1. The van der Waals surface area contributed by atoms with Crippen molar-refractivity contribution in [2.45, 2.75) is 86.8 Å². The van der Waals surface area contributed by atoms with E-state index < -0.39 is 45.6 Å². The highest BCUT2D eigenvalue weighted by molar-refractivity contribution is 7.89. The van der Waals surface area contributed by atoms with E-state index in [0.717, 1.165) is 17.5 Å². The first kappa shape index (κ1) is 36.3. The molecular formula is C31H33ClF5N3O6S. The van der Waals surface area contributed by atoms with Gasteiger partial charge in [-0.1, -0.05) is 35.9 Å². The van der Waals surface area contributed by atoms with Gasteiger partial charge >= 0.3 is 12.1 Å². The lowest BCUT2D eigenvalue weighted by molar-refractivity contribution is -0.192. The van der Waals surface area contributed by atoms with E-state index in [4.69, 9.17) is 32.0 Å². The van der Waals surface area contributed by atoms with Crippen LogP contribution in [0.3, 0.4) is 0 Å². The van der Waals surface area contributed by atoms with Crippen molar-refractivity contribution in [2.24, 2.45) is 5.73 Å². The SMILES string of the molecule is CC(C)Oc1ccc2cc(S(=O)(=O)NC(C(=O)N3C4CCC3CC(N)C4)C(F)(F)c3ccc(Cl)cc3)ccc2c1.O=C(O)C(F)(F)F. The van der Waals surface area contributed by atoms with Crippen LogP contribution in [0, 0.1) is 0 Å². The standard InChI is InChI=1S/C29H32ClF2N3O4S.C2HF3O2/c1-17(2)39-25-11-3-19-14-26(12-4-18(19)13-25)40(37,38)34-27(29(31,32)20-5-7-21(30)8-6-20)28(36)35-23-9-10-24(35)16-22(33)15-23;3-2(4,5)1(6)7/h3-8,11-14,17,22-24,27,34H,9-10,15-16,33H2,1-2H3;(H,6,7). The highest BCUT2D eigenvalue weighted by Crippen LogP contribution is 2.40. The van der Waals surface area contributed by atoms with Crippen molar-refractivity contribution in [1.82, 2.24) is 9.62 Å². The molecule has 0 saturated carbocycles. The van der Waals surface area contributed by atoms with Crippen molar-refractivity contribution < 1.29 is 49.8 Å². The summed E-state index contributed by atoms with van der Waals surface area (Å²) in [7, 11) is -4.55. The zero-order valence-electron chi connectivity index (χ0n) is 25.2. The van der Waals surface area contributed by atoms with Crippen LogP contribution in [0.4, 0.5) is 22.0 Å². The van der Waals surface area contributed by atoms with Crippen LogP contribution in [0.1, 0.15) is 45.1 Å². The Kier molecular flexibility index (Phi) is 10.7. The minimum Gasteiger partial charge on any atom is -0.491 e. The van der Waals surface area contributed by atoms with Crippen LogP contribution in [0.15, 0.2) is 65.6 Å². The molecule has 3 atom stereocenters. The summed E-state index contributed by atoms with van der Waals surface area (Å²) in [5.41, 5.74) is 5.60. The molecule has 2 saturated heterocycles. The topological polar surface area (TPSA) is 139 Å². The van der Waals surface area contributed by atoms with Crippen molar-refractivity contribution in [3.8, 4) is 5.75 Å². The lowest BCUT2D eigenvalue weighted by Crippen LogP contribution is -2.60. The number of hydrogen-bond acceptors (Lipinski definition) is 6. The monoisotopic (exact) mass is 705 g/mol. The van der Waals surface area contributed by atoms with Crippen LogP contribution < -0.4 is 15.2 Å². The molecule has 0 radical (unpaired) electrons. The van der Waals surface area contributed by atoms with Crippen molar-refractivity contribution in [1.29, 1.82) is 0 Å². The van der Waals surface area contributed by atoms with Gasteiger partial charge in [0.05, 0.1) is 11.0 Å². The number of ether oxygens (including phenoxy) is 1. The summed E-state index contributed by atoms with van der Waals surface area (Å²) < 4.78 is 98.9. The maximum absolute atomic E-state index is 16.1. The second kappa shape index (κ2) is 13.9. The Hall–Kier alpha value is -3.53. The first-order valence-electron chi connectivity index (χ1n) is 14.5. The van der Waals surface area contributed by atoms with Crippen LogP contribution in [0.5, 0.6) is 5.75 Å². The molecule has 3 aromatic rings. The predicted molar refractivity (Wildman–Crippen MR) is 164 cm³/mol. The van der Waals surface area contributed by atoms with E-state index in [1.165, 1.54) is 29.2 Å². The average Bonchev–Trinajstić information content (AvgIpc) is 3.25. The predicted octanol–water partition coefficient (Wildman–Crippen LogP) is 5.83. The molecule has 4 N–H and O–H groups in total. The Morgan fingerprint density at radius 3 is 2.02 bits per heavy atom. The van der Waals surface area contributed by atoms with E-state index in [1.54, 1.807) is 24.3 Å². The van der Waals surface area contributed by atoms with Gasteiger partial charge in [0.25, 0.3) is 5.92 Å². The molecule has 5 rings (SSSR count). The molecule has 2 aliphatic rings. The number of carboxylic acid groups (broad SMARTS) is 1. The lowest BCUT2D eigenvalue weighted by atomic mass is 9.95. The number of hydrogen-bond donors (Lipinski definition) is 3. The quantitative estimate of drug-likeness (QED) is 0.251. The third-order valence-electron chi connectivity index (χ3n) is 7.84. The molecule has 0 spiro atoms. The van der Waals surface area contributed by atoms with Gasteiger partial charge in [0, 0.05) is 28.7 Å². The van der Waals surface area contributed by atoms with Crippen molar-refractivity contribution in [3.05, 3.63) is 71.2 Å². The highest BCUT2D eigenvalue weighted by atomic mass is 35.5. The summed E-state index contributed by atoms with van der Waals surface area (Å²) in [6.07, 6.45) is -2.86. The number of rotatable bonds is 8. The van der Waals surface area contributed by atoms with Gasteiger partial charge in [0.15, 0.2) is 6.04 Å². The minimum atomic E-state index is -5.08. The Morgan fingerprint density at radius 1 is 0.957 bits per heavy atom. The second-order valence-corrected chi connectivity index (χ2v) is 13.8. The van der Waals surface area contributed by atoms with Gasteiger partial charge in [0.2, 0.25) is 15.9 Å².